The van der Waals surface area contributed by atoms with Crippen LogP contribution in [0.15, 0.2) is 42.7 Å². The fraction of sp³-hybridized carbons (Fsp3) is 0.333. The van der Waals surface area contributed by atoms with Crippen LogP contribution in [0.4, 0.5) is 17.3 Å². The first-order chi connectivity index (χ1) is 9.38. The number of hydrogen-bond donors (Lipinski definition) is 2. The molecule has 0 fully saturated rings. The van der Waals surface area contributed by atoms with E-state index in [-0.39, 0.29) is 0 Å². The normalized spacial score (nSPS) is 10.2. The molecule has 0 radical (unpaired) electrons. The Hall–Kier alpha value is -2.10. The van der Waals surface area contributed by atoms with Crippen LogP contribution in [0.25, 0.3) is 0 Å². The third-order valence-electron chi connectivity index (χ3n) is 2.80. The van der Waals surface area contributed by atoms with Crippen LogP contribution < -0.4 is 10.6 Å². The van der Waals surface area contributed by atoms with Crippen LogP contribution >= 0.6 is 0 Å². The van der Waals surface area contributed by atoms with Gasteiger partial charge in [-0.2, -0.15) is 0 Å². The van der Waals surface area contributed by atoms with Crippen LogP contribution in [0.2, 0.25) is 0 Å². The number of para-hydroxylation sites is 1. The average Bonchev–Trinajstić information content (AvgIpc) is 2.45. The van der Waals surface area contributed by atoms with Crippen molar-refractivity contribution in [2.75, 3.05) is 17.2 Å². The predicted molar refractivity (Wildman–Crippen MR) is 79.8 cm³/mol. The van der Waals surface area contributed by atoms with Gasteiger partial charge in [-0.1, -0.05) is 38.0 Å². The summed E-state index contributed by atoms with van der Waals surface area (Å²) in [5.41, 5.74) is 1.03. The maximum Gasteiger partial charge on any atom is 0.135 e. The Bertz CT molecular complexity index is 485. The third-order valence-corrected chi connectivity index (χ3v) is 2.80. The number of benzene rings is 1. The van der Waals surface area contributed by atoms with E-state index in [2.05, 4.69) is 27.5 Å². The highest BCUT2D eigenvalue weighted by Crippen LogP contribution is 2.15. The fourth-order valence-corrected chi connectivity index (χ4v) is 1.78. The fourth-order valence-electron chi connectivity index (χ4n) is 1.78. The van der Waals surface area contributed by atoms with Crippen LogP contribution in [0.1, 0.15) is 26.2 Å². The zero-order valence-corrected chi connectivity index (χ0v) is 11.3. The van der Waals surface area contributed by atoms with E-state index in [4.69, 9.17) is 0 Å². The maximum absolute atomic E-state index is 4.22. The van der Waals surface area contributed by atoms with Gasteiger partial charge < -0.3 is 10.6 Å². The number of nitrogens with zero attached hydrogens (tertiary/aromatic N) is 2. The summed E-state index contributed by atoms with van der Waals surface area (Å²) in [5, 5.41) is 6.57. The Morgan fingerprint density at radius 2 is 1.79 bits per heavy atom. The van der Waals surface area contributed by atoms with E-state index in [1.807, 2.05) is 36.4 Å². The minimum atomic E-state index is 0.805. The minimum absolute atomic E-state index is 0.805. The molecule has 0 aliphatic heterocycles. The molecular weight excluding hydrogens is 236 g/mol. The molecule has 0 saturated carbocycles. The molecule has 0 bridgehead atoms. The molecule has 2 N–H and O–H groups in total. The Labute approximate surface area is 114 Å². The highest BCUT2D eigenvalue weighted by Gasteiger charge is 1.98. The summed E-state index contributed by atoms with van der Waals surface area (Å²) in [6, 6.07) is 11.9. The molecule has 4 heteroatoms. The van der Waals surface area contributed by atoms with Crippen molar-refractivity contribution >= 4 is 17.3 Å². The third kappa shape index (κ3) is 4.58. The summed E-state index contributed by atoms with van der Waals surface area (Å²) in [5.74, 6) is 1.67. The van der Waals surface area contributed by atoms with Gasteiger partial charge in [0.25, 0.3) is 0 Å². The first-order valence-electron chi connectivity index (χ1n) is 6.76. The predicted octanol–water partition coefficient (Wildman–Crippen LogP) is 3.82. The smallest absolute Gasteiger partial charge is 0.135 e. The van der Waals surface area contributed by atoms with Crippen molar-refractivity contribution in [1.29, 1.82) is 0 Å². The molecule has 19 heavy (non-hydrogen) atoms. The molecule has 1 aromatic carbocycles. The first kappa shape index (κ1) is 13.3. The Balaban J connectivity index is 1.91. The number of hydrogen-bond acceptors (Lipinski definition) is 4. The molecule has 0 atom stereocenters. The lowest BCUT2D eigenvalue weighted by molar-refractivity contribution is 0.742. The SMILES string of the molecule is CCCCCNc1cc(Nc2ccccc2)ncn1. The van der Waals surface area contributed by atoms with Crippen LogP contribution in [0, 0.1) is 0 Å². The lowest BCUT2D eigenvalue weighted by Crippen LogP contribution is -2.04. The number of unbranched alkanes of at least 4 members (excludes halogenated alkanes) is 2. The minimum Gasteiger partial charge on any atom is -0.370 e. The summed E-state index contributed by atoms with van der Waals surface area (Å²) in [6.45, 7) is 3.15. The van der Waals surface area contributed by atoms with E-state index in [9.17, 15) is 0 Å². The summed E-state index contributed by atoms with van der Waals surface area (Å²) < 4.78 is 0. The van der Waals surface area contributed by atoms with E-state index in [0.29, 0.717) is 0 Å². The number of anilines is 3. The van der Waals surface area contributed by atoms with Gasteiger partial charge >= 0.3 is 0 Å². The number of nitrogens with one attached hydrogen (secondary N) is 2. The van der Waals surface area contributed by atoms with Gasteiger partial charge in [-0.3, -0.25) is 0 Å². The van der Waals surface area contributed by atoms with Crippen LogP contribution in [0.3, 0.4) is 0 Å². The first-order valence-corrected chi connectivity index (χ1v) is 6.76. The van der Waals surface area contributed by atoms with Gasteiger partial charge in [0.15, 0.2) is 0 Å². The zero-order valence-electron chi connectivity index (χ0n) is 11.3. The highest BCUT2D eigenvalue weighted by molar-refractivity contribution is 5.58. The van der Waals surface area contributed by atoms with E-state index in [0.717, 1.165) is 23.9 Å². The molecule has 1 aromatic heterocycles. The number of aromatic nitrogens is 2. The second-order valence-electron chi connectivity index (χ2n) is 4.41. The molecule has 0 spiro atoms. The monoisotopic (exact) mass is 256 g/mol. The van der Waals surface area contributed by atoms with Crippen LogP contribution in [-0.4, -0.2) is 16.5 Å². The molecule has 1 heterocycles. The van der Waals surface area contributed by atoms with Gasteiger partial charge in [-0.15, -0.1) is 0 Å². The summed E-state index contributed by atoms with van der Waals surface area (Å²) in [4.78, 5) is 8.43. The van der Waals surface area contributed by atoms with Gasteiger partial charge in [0.05, 0.1) is 0 Å². The molecule has 0 unspecified atom stereocenters. The molecule has 0 aliphatic carbocycles. The van der Waals surface area contributed by atoms with Crippen molar-refractivity contribution in [3.63, 3.8) is 0 Å². The van der Waals surface area contributed by atoms with E-state index in [1.165, 1.54) is 19.3 Å². The van der Waals surface area contributed by atoms with E-state index >= 15 is 0 Å². The van der Waals surface area contributed by atoms with Crippen molar-refractivity contribution in [2.45, 2.75) is 26.2 Å². The maximum atomic E-state index is 4.22. The van der Waals surface area contributed by atoms with Gasteiger partial charge in [0.2, 0.25) is 0 Å². The van der Waals surface area contributed by atoms with Crippen molar-refractivity contribution in [3.05, 3.63) is 42.7 Å². The zero-order chi connectivity index (χ0) is 13.3. The van der Waals surface area contributed by atoms with Gasteiger partial charge in [-0.05, 0) is 18.6 Å². The van der Waals surface area contributed by atoms with Crippen LogP contribution in [-0.2, 0) is 0 Å². The molecular formula is C15H20N4. The van der Waals surface area contributed by atoms with Gasteiger partial charge in [0.1, 0.15) is 18.0 Å². The lowest BCUT2D eigenvalue weighted by Gasteiger charge is -2.08. The Morgan fingerprint density at radius 3 is 2.58 bits per heavy atom. The summed E-state index contributed by atoms with van der Waals surface area (Å²) >= 11 is 0. The average molecular weight is 256 g/mol. The highest BCUT2D eigenvalue weighted by atomic mass is 15.1. The van der Waals surface area contributed by atoms with E-state index < -0.39 is 0 Å². The molecule has 2 rings (SSSR count). The van der Waals surface area contributed by atoms with Crippen LogP contribution in [0.5, 0.6) is 0 Å². The second-order valence-corrected chi connectivity index (χ2v) is 4.41. The van der Waals surface area contributed by atoms with Crippen molar-refractivity contribution in [3.8, 4) is 0 Å². The van der Waals surface area contributed by atoms with Crippen molar-refractivity contribution in [2.24, 2.45) is 0 Å². The largest absolute Gasteiger partial charge is 0.370 e. The summed E-state index contributed by atoms with van der Waals surface area (Å²) in [7, 11) is 0. The Kier molecular flexibility index (Phi) is 5.17. The summed E-state index contributed by atoms with van der Waals surface area (Å²) in [6.07, 6.45) is 5.22. The topological polar surface area (TPSA) is 49.8 Å². The quantitative estimate of drug-likeness (QED) is 0.739. The van der Waals surface area contributed by atoms with E-state index in [1.54, 1.807) is 6.33 Å². The number of rotatable bonds is 7. The van der Waals surface area contributed by atoms with Crippen molar-refractivity contribution < 1.29 is 0 Å². The molecule has 0 amide bonds. The lowest BCUT2D eigenvalue weighted by atomic mass is 10.2. The Morgan fingerprint density at radius 1 is 1.00 bits per heavy atom. The molecule has 0 aliphatic rings. The molecule has 4 nitrogen and oxygen atoms in total. The standard InChI is InChI=1S/C15H20N4/c1-2-3-7-10-16-14-11-15(18-12-17-14)19-13-8-5-4-6-9-13/h4-6,8-9,11-12H,2-3,7,10H2,1H3,(H2,16,17,18,19). The van der Waals surface area contributed by atoms with Crippen molar-refractivity contribution in [1.82, 2.24) is 9.97 Å². The second kappa shape index (κ2) is 7.36. The molecule has 0 saturated heterocycles. The molecule has 2 aromatic rings. The van der Waals surface area contributed by atoms with Gasteiger partial charge in [-0.25, -0.2) is 9.97 Å². The van der Waals surface area contributed by atoms with Gasteiger partial charge in [0, 0.05) is 18.3 Å². The molecule has 100 valence electrons.